The molecule has 108 valence electrons. The maximum atomic E-state index is 12.4. The lowest BCUT2D eigenvalue weighted by Crippen LogP contribution is -2.23. The molecule has 1 aromatic heterocycles. The maximum absolute atomic E-state index is 12.4. The number of fused-ring (bicyclic) bond motifs is 1. The summed E-state index contributed by atoms with van der Waals surface area (Å²) in [5.74, 6) is 1.52. The van der Waals surface area contributed by atoms with E-state index in [1.165, 1.54) is 6.20 Å². The van der Waals surface area contributed by atoms with E-state index in [1.807, 2.05) is 6.07 Å². The smallest absolute Gasteiger partial charge is 0.260 e. The van der Waals surface area contributed by atoms with Crippen LogP contribution in [0, 0.1) is 0 Å². The number of carbonyl (C=O) groups excluding carboxylic acids is 1. The minimum absolute atomic E-state index is 0.0929. The van der Waals surface area contributed by atoms with E-state index < -0.39 is 0 Å². The van der Waals surface area contributed by atoms with Gasteiger partial charge in [-0.25, -0.2) is 4.98 Å². The van der Waals surface area contributed by atoms with Crippen LogP contribution in [0.1, 0.15) is 15.9 Å². The topological polar surface area (TPSA) is 77.7 Å². The second-order valence-electron chi connectivity index (χ2n) is 4.70. The highest BCUT2D eigenvalue weighted by Gasteiger charge is 2.29. The van der Waals surface area contributed by atoms with Crippen LogP contribution in [0.3, 0.4) is 0 Å². The SMILES string of the molecule is COc1ccc(N2Cc3cc(N)ncc3C2=O)cc1OC. The number of aromatic nitrogens is 1. The van der Waals surface area contributed by atoms with Gasteiger partial charge < -0.3 is 20.1 Å². The molecule has 0 radical (unpaired) electrons. The number of nitrogens with two attached hydrogens (primary N) is 1. The van der Waals surface area contributed by atoms with Crippen LogP contribution in [0.15, 0.2) is 30.5 Å². The number of anilines is 2. The molecule has 1 aliphatic heterocycles. The predicted molar refractivity (Wildman–Crippen MR) is 78.7 cm³/mol. The molecule has 0 bridgehead atoms. The maximum Gasteiger partial charge on any atom is 0.260 e. The number of nitrogen functional groups attached to an aromatic ring is 1. The molecule has 0 saturated heterocycles. The molecular weight excluding hydrogens is 270 g/mol. The fourth-order valence-corrected chi connectivity index (χ4v) is 2.43. The highest BCUT2D eigenvalue weighted by atomic mass is 16.5. The van der Waals surface area contributed by atoms with E-state index in [4.69, 9.17) is 15.2 Å². The van der Waals surface area contributed by atoms with Gasteiger partial charge in [-0.2, -0.15) is 0 Å². The molecular formula is C15H15N3O3. The number of ether oxygens (including phenoxy) is 2. The summed E-state index contributed by atoms with van der Waals surface area (Å²) in [6, 6.07) is 7.10. The second kappa shape index (κ2) is 4.97. The molecule has 0 aliphatic carbocycles. The van der Waals surface area contributed by atoms with E-state index >= 15 is 0 Å². The van der Waals surface area contributed by atoms with Crippen molar-refractivity contribution >= 4 is 17.4 Å². The van der Waals surface area contributed by atoms with Crippen molar-refractivity contribution in [3.63, 3.8) is 0 Å². The summed E-state index contributed by atoms with van der Waals surface area (Å²) >= 11 is 0. The van der Waals surface area contributed by atoms with Crippen molar-refractivity contribution in [3.05, 3.63) is 41.6 Å². The fraction of sp³-hybridized carbons (Fsp3) is 0.200. The molecule has 2 heterocycles. The minimum Gasteiger partial charge on any atom is -0.493 e. The molecule has 21 heavy (non-hydrogen) atoms. The first-order valence-electron chi connectivity index (χ1n) is 6.42. The first kappa shape index (κ1) is 13.2. The normalized spacial score (nSPS) is 13.2. The van der Waals surface area contributed by atoms with Crippen molar-refractivity contribution in [2.75, 3.05) is 24.9 Å². The average Bonchev–Trinajstić information content (AvgIpc) is 2.82. The molecule has 1 amide bonds. The van der Waals surface area contributed by atoms with Gasteiger partial charge in [0.2, 0.25) is 0 Å². The van der Waals surface area contributed by atoms with Gasteiger partial charge in [0.1, 0.15) is 5.82 Å². The Morgan fingerprint density at radius 3 is 2.67 bits per heavy atom. The standard InChI is InChI=1S/C15H15N3O3/c1-20-12-4-3-10(6-13(12)21-2)18-8-9-5-14(16)17-7-11(9)15(18)19/h3-7H,8H2,1-2H3,(H2,16,17). The van der Waals surface area contributed by atoms with Gasteiger partial charge in [-0.05, 0) is 23.8 Å². The van der Waals surface area contributed by atoms with Crippen LogP contribution in [-0.4, -0.2) is 25.1 Å². The summed E-state index contributed by atoms with van der Waals surface area (Å²) in [5, 5.41) is 0. The molecule has 2 N–H and O–H groups in total. The Kier molecular flexibility index (Phi) is 3.13. The zero-order valence-corrected chi connectivity index (χ0v) is 11.8. The van der Waals surface area contributed by atoms with Crippen molar-refractivity contribution in [2.24, 2.45) is 0 Å². The summed E-state index contributed by atoms with van der Waals surface area (Å²) in [5.41, 5.74) is 7.87. The second-order valence-corrected chi connectivity index (χ2v) is 4.70. The monoisotopic (exact) mass is 285 g/mol. The van der Waals surface area contributed by atoms with Gasteiger partial charge in [-0.1, -0.05) is 0 Å². The lowest BCUT2D eigenvalue weighted by atomic mass is 10.2. The van der Waals surface area contributed by atoms with Crippen LogP contribution < -0.4 is 20.1 Å². The number of rotatable bonds is 3. The van der Waals surface area contributed by atoms with Gasteiger partial charge >= 0.3 is 0 Å². The van der Waals surface area contributed by atoms with E-state index in [-0.39, 0.29) is 5.91 Å². The molecule has 1 aromatic carbocycles. The van der Waals surface area contributed by atoms with Gasteiger partial charge in [-0.15, -0.1) is 0 Å². The van der Waals surface area contributed by atoms with Crippen LogP contribution >= 0.6 is 0 Å². The Hall–Kier alpha value is -2.76. The number of methoxy groups -OCH3 is 2. The van der Waals surface area contributed by atoms with E-state index in [0.717, 1.165) is 11.3 Å². The van der Waals surface area contributed by atoms with Crippen LogP contribution in [0.25, 0.3) is 0 Å². The van der Waals surface area contributed by atoms with Gasteiger partial charge in [0.15, 0.2) is 11.5 Å². The molecule has 0 spiro atoms. The zero-order chi connectivity index (χ0) is 15.0. The Morgan fingerprint density at radius 1 is 1.19 bits per heavy atom. The summed E-state index contributed by atoms with van der Waals surface area (Å²) in [6.45, 7) is 0.469. The Morgan fingerprint density at radius 2 is 1.95 bits per heavy atom. The summed E-state index contributed by atoms with van der Waals surface area (Å²) < 4.78 is 10.5. The molecule has 6 nitrogen and oxygen atoms in total. The first-order valence-corrected chi connectivity index (χ1v) is 6.42. The van der Waals surface area contributed by atoms with Crippen LogP contribution in [0.2, 0.25) is 0 Å². The molecule has 0 fully saturated rings. The molecule has 2 aromatic rings. The van der Waals surface area contributed by atoms with E-state index in [0.29, 0.717) is 29.4 Å². The third-order valence-electron chi connectivity index (χ3n) is 3.49. The highest BCUT2D eigenvalue weighted by molar-refractivity contribution is 6.10. The number of amides is 1. The molecule has 3 rings (SSSR count). The summed E-state index contributed by atoms with van der Waals surface area (Å²) in [6.07, 6.45) is 1.52. The van der Waals surface area contributed by atoms with Crippen molar-refractivity contribution in [1.29, 1.82) is 0 Å². The third-order valence-corrected chi connectivity index (χ3v) is 3.49. The molecule has 0 atom stereocenters. The quantitative estimate of drug-likeness (QED) is 0.931. The van der Waals surface area contributed by atoms with Gasteiger partial charge in [0.05, 0.1) is 26.3 Å². The fourth-order valence-electron chi connectivity index (χ4n) is 2.43. The summed E-state index contributed by atoms with van der Waals surface area (Å²) in [4.78, 5) is 18.1. The first-order chi connectivity index (χ1) is 10.1. The van der Waals surface area contributed by atoms with Crippen LogP contribution in [0.4, 0.5) is 11.5 Å². The lowest BCUT2D eigenvalue weighted by molar-refractivity contribution is 0.0996. The average molecular weight is 285 g/mol. The number of pyridine rings is 1. The van der Waals surface area contributed by atoms with E-state index in [9.17, 15) is 4.79 Å². The number of carbonyl (C=O) groups is 1. The van der Waals surface area contributed by atoms with Crippen LogP contribution in [-0.2, 0) is 6.54 Å². The molecule has 0 saturated carbocycles. The lowest BCUT2D eigenvalue weighted by Gasteiger charge is -2.17. The van der Waals surface area contributed by atoms with Crippen molar-refractivity contribution in [2.45, 2.75) is 6.54 Å². The molecule has 1 aliphatic rings. The Balaban J connectivity index is 1.98. The Labute approximate surface area is 122 Å². The number of hydrogen-bond acceptors (Lipinski definition) is 5. The number of hydrogen-bond donors (Lipinski definition) is 1. The van der Waals surface area contributed by atoms with Gasteiger partial charge in [-0.3, -0.25) is 4.79 Å². The number of benzene rings is 1. The molecule has 6 heteroatoms. The zero-order valence-electron chi connectivity index (χ0n) is 11.8. The van der Waals surface area contributed by atoms with E-state index in [1.54, 1.807) is 37.3 Å². The van der Waals surface area contributed by atoms with Crippen molar-refractivity contribution in [3.8, 4) is 11.5 Å². The van der Waals surface area contributed by atoms with Crippen molar-refractivity contribution in [1.82, 2.24) is 4.98 Å². The highest BCUT2D eigenvalue weighted by Crippen LogP contribution is 2.35. The van der Waals surface area contributed by atoms with Crippen molar-refractivity contribution < 1.29 is 14.3 Å². The van der Waals surface area contributed by atoms with E-state index in [2.05, 4.69) is 4.98 Å². The number of nitrogens with zero attached hydrogens (tertiary/aromatic N) is 2. The Bertz CT molecular complexity index is 715. The third kappa shape index (κ3) is 2.14. The summed E-state index contributed by atoms with van der Waals surface area (Å²) in [7, 11) is 3.13. The molecule has 0 unspecified atom stereocenters. The largest absolute Gasteiger partial charge is 0.493 e. The van der Waals surface area contributed by atoms with Gasteiger partial charge in [0, 0.05) is 18.0 Å². The van der Waals surface area contributed by atoms with Gasteiger partial charge in [0.25, 0.3) is 5.91 Å². The minimum atomic E-state index is -0.0929. The predicted octanol–water partition coefficient (Wildman–Crippen LogP) is 1.84. The van der Waals surface area contributed by atoms with Crippen LogP contribution in [0.5, 0.6) is 11.5 Å².